The molecule has 0 unspecified atom stereocenters. The quantitative estimate of drug-likeness (QED) is 0.667. The van der Waals surface area contributed by atoms with Crippen molar-refractivity contribution in [1.29, 1.82) is 0 Å². The monoisotopic (exact) mass is 306 g/mol. The predicted molar refractivity (Wildman–Crippen MR) is 65.6 cm³/mol. The fourth-order valence-electron chi connectivity index (χ4n) is 1.78. The predicted octanol–water partition coefficient (Wildman–Crippen LogP) is 5.23. The van der Waals surface area contributed by atoms with E-state index in [4.69, 9.17) is 11.6 Å². The van der Waals surface area contributed by atoms with E-state index < -0.39 is 23.4 Å². The zero-order valence-corrected chi connectivity index (χ0v) is 10.7. The first-order valence-corrected chi connectivity index (χ1v) is 5.95. The maximum absolute atomic E-state index is 13.5. The molecule has 2 rings (SSSR count). The third kappa shape index (κ3) is 3.10. The Labute approximate surface area is 116 Å². The average molecular weight is 307 g/mol. The molecule has 0 aliphatic rings. The van der Waals surface area contributed by atoms with E-state index in [9.17, 15) is 22.0 Å². The van der Waals surface area contributed by atoms with E-state index in [1.54, 1.807) is 0 Å². The molecule has 0 bridgehead atoms. The van der Waals surface area contributed by atoms with Gasteiger partial charge < -0.3 is 0 Å². The van der Waals surface area contributed by atoms with Gasteiger partial charge in [-0.15, -0.1) is 0 Å². The van der Waals surface area contributed by atoms with E-state index in [0.29, 0.717) is 0 Å². The highest BCUT2D eigenvalue weighted by molar-refractivity contribution is 6.31. The van der Waals surface area contributed by atoms with Crippen molar-refractivity contribution in [3.8, 4) is 0 Å². The Morgan fingerprint density at radius 2 is 1.55 bits per heavy atom. The third-order valence-electron chi connectivity index (χ3n) is 2.80. The van der Waals surface area contributed by atoms with Crippen molar-refractivity contribution in [2.24, 2.45) is 0 Å². The SMILES string of the molecule is Fc1cccc(F)c1Cc1cc(C(F)(F)F)ccc1Cl. The maximum Gasteiger partial charge on any atom is 0.416 e. The molecule has 6 heteroatoms. The van der Waals surface area contributed by atoms with Crippen LogP contribution in [0.3, 0.4) is 0 Å². The van der Waals surface area contributed by atoms with Crippen LogP contribution in [0.25, 0.3) is 0 Å². The molecule has 0 heterocycles. The van der Waals surface area contributed by atoms with Gasteiger partial charge in [0, 0.05) is 17.0 Å². The van der Waals surface area contributed by atoms with Gasteiger partial charge in [0.25, 0.3) is 0 Å². The fourth-order valence-corrected chi connectivity index (χ4v) is 1.96. The van der Waals surface area contributed by atoms with Crippen molar-refractivity contribution in [1.82, 2.24) is 0 Å². The van der Waals surface area contributed by atoms with Crippen LogP contribution < -0.4 is 0 Å². The molecular weight excluding hydrogens is 299 g/mol. The number of halogens is 6. The molecule has 0 aliphatic heterocycles. The van der Waals surface area contributed by atoms with E-state index in [2.05, 4.69) is 0 Å². The minimum absolute atomic E-state index is 0.0190. The fraction of sp³-hybridized carbons (Fsp3) is 0.143. The van der Waals surface area contributed by atoms with Gasteiger partial charge in [0.05, 0.1) is 5.56 Å². The number of rotatable bonds is 2. The molecule has 0 fully saturated rings. The van der Waals surface area contributed by atoms with Crippen LogP contribution >= 0.6 is 11.6 Å². The summed E-state index contributed by atoms with van der Waals surface area (Å²) in [6.07, 6.45) is -4.88. The van der Waals surface area contributed by atoms with Gasteiger partial charge in [-0.1, -0.05) is 17.7 Å². The molecule has 0 N–H and O–H groups in total. The summed E-state index contributed by atoms with van der Waals surface area (Å²) in [5.74, 6) is -1.64. The third-order valence-corrected chi connectivity index (χ3v) is 3.17. The van der Waals surface area contributed by atoms with E-state index >= 15 is 0 Å². The lowest BCUT2D eigenvalue weighted by Gasteiger charge is -2.11. The minimum atomic E-state index is -4.53. The molecule has 106 valence electrons. The molecule has 0 atom stereocenters. The summed E-state index contributed by atoms with van der Waals surface area (Å²) >= 11 is 5.79. The minimum Gasteiger partial charge on any atom is -0.207 e. The lowest BCUT2D eigenvalue weighted by Crippen LogP contribution is -2.06. The second-order valence-corrected chi connectivity index (χ2v) is 4.59. The largest absolute Gasteiger partial charge is 0.416 e. The molecular formula is C14H8ClF5. The molecule has 0 spiro atoms. The van der Waals surface area contributed by atoms with Gasteiger partial charge in [-0.25, -0.2) is 8.78 Å². The Morgan fingerprint density at radius 3 is 2.10 bits per heavy atom. The Balaban J connectivity index is 2.43. The highest BCUT2D eigenvalue weighted by atomic mass is 35.5. The van der Waals surface area contributed by atoms with Gasteiger partial charge >= 0.3 is 6.18 Å². The van der Waals surface area contributed by atoms with E-state index in [0.717, 1.165) is 30.3 Å². The lowest BCUT2D eigenvalue weighted by atomic mass is 10.0. The van der Waals surface area contributed by atoms with Gasteiger partial charge in [0.15, 0.2) is 0 Å². The standard InChI is InChI=1S/C14H8ClF5/c15-11-5-4-9(14(18,19)20)6-8(11)7-10-12(16)2-1-3-13(10)17/h1-6H,7H2. The van der Waals surface area contributed by atoms with Crippen LogP contribution in [-0.2, 0) is 12.6 Å². The molecule has 0 aromatic heterocycles. The van der Waals surface area contributed by atoms with Crippen LogP contribution in [0.2, 0.25) is 5.02 Å². The van der Waals surface area contributed by atoms with Gasteiger partial charge in [-0.05, 0) is 35.9 Å². The highest BCUT2D eigenvalue weighted by Crippen LogP contribution is 2.33. The van der Waals surface area contributed by atoms with Crippen LogP contribution in [0, 0.1) is 11.6 Å². The first-order valence-electron chi connectivity index (χ1n) is 5.57. The van der Waals surface area contributed by atoms with Gasteiger partial charge in [0.1, 0.15) is 11.6 Å². The summed E-state index contributed by atoms with van der Waals surface area (Å²) in [6, 6.07) is 5.96. The van der Waals surface area contributed by atoms with Gasteiger partial charge in [-0.3, -0.25) is 0 Å². The Morgan fingerprint density at radius 1 is 0.950 bits per heavy atom. The summed E-state index contributed by atoms with van der Waals surface area (Å²) in [4.78, 5) is 0. The first-order chi connectivity index (χ1) is 9.29. The molecule has 0 saturated carbocycles. The Bertz CT molecular complexity index is 614. The summed E-state index contributed by atoms with van der Waals surface area (Å²) in [6.45, 7) is 0. The maximum atomic E-state index is 13.5. The second-order valence-electron chi connectivity index (χ2n) is 4.18. The average Bonchev–Trinajstić information content (AvgIpc) is 2.34. The Hall–Kier alpha value is -1.62. The molecule has 2 aromatic rings. The first kappa shape index (κ1) is 14.8. The van der Waals surface area contributed by atoms with Crippen LogP contribution in [0.5, 0.6) is 0 Å². The normalized spacial score (nSPS) is 11.7. The van der Waals surface area contributed by atoms with Crippen molar-refractivity contribution in [2.45, 2.75) is 12.6 Å². The van der Waals surface area contributed by atoms with Crippen molar-refractivity contribution in [3.05, 3.63) is 69.7 Å². The Kier molecular flexibility index (Phi) is 3.99. The zero-order chi connectivity index (χ0) is 14.9. The second kappa shape index (κ2) is 5.40. The highest BCUT2D eigenvalue weighted by Gasteiger charge is 2.31. The molecule has 0 nitrogen and oxygen atoms in total. The molecule has 0 radical (unpaired) electrons. The molecule has 20 heavy (non-hydrogen) atoms. The van der Waals surface area contributed by atoms with Crippen LogP contribution in [-0.4, -0.2) is 0 Å². The summed E-state index contributed by atoms with van der Waals surface area (Å²) in [5.41, 5.74) is -1.20. The van der Waals surface area contributed by atoms with Gasteiger partial charge in [0.2, 0.25) is 0 Å². The number of hydrogen-bond acceptors (Lipinski definition) is 0. The summed E-state index contributed by atoms with van der Waals surface area (Å²) in [7, 11) is 0. The van der Waals surface area contributed by atoms with Crippen molar-refractivity contribution in [2.75, 3.05) is 0 Å². The van der Waals surface area contributed by atoms with E-state index in [-0.39, 0.29) is 22.6 Å². The number of benzene rings is 2. The van der Waals surface area contributed by atoms with Crippen LogP contribution in [0.4, 0.5) is 22.0 Å². The van der Waals surface area contributed by atoms with Crippen molar-refractivity contribution < 1.29 is 22.0 Å². The van der Waals surface area contributed by atoms with Crippen molar-refractivity contribution in [3.63, 3.8) is 0 Å². The lowest BCUT2D eigenvalue weighted by molar-refractivity contribution is -0.137. The van der Waals surface area contributed by atoms with E-state index in [1.807, 2.05) is 0 Å². The number of hydrogen-bond donors (Lipinski definition) is 0. The molecule has 0 amide bonds. The van der Waals surface area contributed by atoms with Crippen molar-refractivity contribution >= 4 is 11.6 Å². The zero-order valence-electron chi connectivity index (χ0n) is 9.94. The molecule has 2 aromatic carbocycles. The topological polar surface area (TPSA) is 0 Å². The van der Waals surface area contributed by atoms with Crippen LogP contribution in [0.15, 0.2) is 36.4 Å². The smallest absolute Gasteiger partial charge is 0.207 e. The number of alkyl halides is 3. The van der Waals surface area contributed by atoms with Gasteiger partial charge in [-0.2, -0.15) is 13.2 Å². The summed E-state index contributed by atoms with van der Waals surface area (Å²) < 4.78 is 64.8. The molecule has 0 aliphatic carbocycles. The van der Waals surface area contributed by atoms with E-state index in [1.165, 1.54) is 6.07 Å². The summed E-state index contributed by atoms with van der Waals surface area (Å²) in [5, 5.41) is 0.0284. The van der Waals surface area contributed by atoms with Crippen LogP contribution in [0.1, 0.15) is 16.7 Å². The molecule has 0 saturated heterocycles.